The van der Waals surface area contributed by atoms with Gasteiger partial charge in [0, 0.05) is 55.4 Å². The summed E-state index contributed by atoms with van der Waals surface area (Å²) in [4.78, 5) is 69.1. The predicted octanol–water partition coefficient (Wildman–Crippen LogP) is 4.74. The van der Waals surface area contributed by atoms with Gasteiger partial charge in [-0.3, -0.25) is 24.0 Å². The van der Waals surface area contributed by atoms with Crippen LogP contribution < -0.4 is 0 Å². The molecule has 3 spiro atoms. The molecule has 4 heterocycles. The monoisotopic (exact) mass is 712 g/mol. The summed E-state index contributed by atoms with van der Waals surface area (Å²) in [7, 11) is 1.35. The van der Waals surface area contributed by atoms with Gasteiger partial charge in [0.15, 0.2) is 11.7 Å². The average Bonchev–Trinajstić information content (AvgIpc) is 3.76. The van der Waals surface area contributed by atoms with E-state index in [1.165, 1.54) is 33.5 Å². The lowest BCUT2D eigenvalue weighted by Gasteiger charge is -2.77. The van der Waals surface area contributed by atoms with E-state index in [9.17, 15) is 24.0 Å². The van der Waals surface area contributed by atoms with Crippen LogP contribution in [0.4, 0.5) is 0 Å². The second kappa shape index (κ2) is 10.2. The molecule has 0 radical (unpaired) electrons. The molecule has 51 heavy (non-hydrogen) atoms. The quantitative estimate of drug-likeness (QED) is 0.196. The van der Waals surface area contributed by atoms with Crippen molar-refractivity contribution in [2.75, 3.05) is 7.11 Å². The minimum atomic E-state index is -1.73. The molecule has 7 fully saturated rings. The molecular weight excluding hydrogens is 664 g/mol. The third-order valence-corrected chi connectivity index (χ3v) is 14.8. The molecule has 3 saturated heterocycles. The third kappa shape index (κ3) is 3.66. The molecule has 278 valence electrons. The summed E-state index contributed by atoms with van der Waals surface area (Å²) in [6, 6.07) is 1.70. The summed E-state index contributed by atoms with van der Waals surface area (Å²) >= 11 is 0. The van der Waals surface area contributed by atoms with Gasteiger partial charge in [-0.2, -0.15) is 0 Å². The number of carbonyl (C=O) groups excluding carboxylic acids is 5. The molecule has 4 aliphatic carbocycles. The number of Topliss-reactive ketones (excluding diaryl/α,β-unsaturated/α-hetero) is 1. The first-order valence-electron chi connectivity index (χ1n) is 18.1. The fourth-order valence-electron chi connectivity index (χ4n) is 13.4. The number of rotatable bonds is 9. The Hall–Kier alpha value is -3.29. The van der Waals surface area contributed by atoms with E-state index in [2.05, 4.69) is 6.92 Å². The molecule has 4 saturated carbocycles. The van der Waals surface area contributed by atoms with E-state index in [0.717, 1.165) is 0 Å². The van der Waals surface area contributed by atoms with Crippen molar-refractivity contribution < 1.29 is 61.5 Å². The molecule has 3 aliphatic heterocycles. The average molecular weight is 713 g/mol. The first-order chi connectivity index (χ1) is 23.8. The molecule has 0 aromatic carbocycles. The second-order valence-corrected chi connectivity index (χ2v) is 17.2. The Morgan fingerprint density at radius 3 is 2.29 bits per heavy atom. The number of methoxy groups -OCH3 is 1. The highest BCUT2D eigenvalue weighted by atomic mass is 16.9. The number of carbonyl (C=O) groups is 5. The van der Waals surface area contributed by atoms with Crippen LogP contribution in [0.1, 0.15) is 106 Å². The van der Waals surface area contributed by atoms with Gasteiger partial charge in [0.1, 0.15) is 34.6 Å². The topological polar surface area (TPSA) is 163 Å². The minimum Gasteiger partial charge on any atom is -0.472 e. The molecule has 1 aromatic heterocycles. The summed E-state index contributed by atoms with van der Waals surface area (Å²) in [5, 5.41) is 0. The number of hydrogen-bond donors (Lipinski definition) is 0. The molecular formula is C38H48O13. The van der Waals surface area contributed by atoms with Gasteiger partial charge in [0.2, 0.25) is 0 Å². The highest BCUT2D eigenvalue weighted by Gasteiger charge is 3.03. The SMILES string of the molecule is CCC(C)C(=O)C1C(=O)OC2C3(OC(C)=O)CC4(C)CC35OC3(C)OC26C1C(C)(C(OC(C)=O)c1ccoc1)CCC6(O3)C5(C)C4CC(=O)OC. The lowest BCUT2D eigenvalue weighted by atomic mass is 9.32. The molecule has 1 aromatic rings. The fourth-order valence-corrected chi connectivity index (χ4v) is 13.4. The van der Waals surface area contributed by atoms with Crippen LogP contribution >= 0.6 is 0 Å². The Labute approximate surface area is 296 Å². The molecule has 14 atom stereocenters. The first kappa shape index (κ1) is 34.8. The third-order valence-electron chi connectivity index (χ3n) is 14.8. The standard InChI is InChI=1S/C38H48O13/c1-10-19(2)26(42)25-27-32(6,28(46-20(3)39)22-11-14-45-16-22)12-13-36-33(7)23(15-24(41)44-9)31(5)17-35(48-21(4)40)30(47-29(25)43)38(27,36)51-34(8,49-36)50-37(33,35)18-31/h11,14,16,19,23,25,27-28,30H,10,12-13,15,17-18H2,1-9H3. The number of hydrogen-bond acceptors (Lipinski definition) is 13. The largest absolute Gasteiger partial charge is 0.472 e. The van der Waals surface area contributed by atoms with Crippen molar-refractivity contribution in [3.8, 4) is 0 Å². The molecule has 13 heteroatoms. The first-order valence-corrected chi connectivity index (χ1v) is 18.1. The minimum absolute atomic E-state index is 0.0232. The van der Waals surface area contributed by atoms with E-state index >= 15 is 0 Å². The number of furan rings is 1. The van der Waals surface area contributed by atoms with Crippen molar-refractivity contribution in [2.45, 2.75) is 135 Å². The zero-order valence-electron chi connectivity index (χ0n) is 30.7. The van der Waals surface area contributed by atoms with Crippen molar-refractivity contribution in [3.63, 3.8) is 0 Å². The summed E-state index contributed by atoms with van der Waals surface area (Å²) in [5.41, 5.74) is -8.36. The highest BCUT2D eigenvalue weighted by Crippen LogP contribution is 2.90. The van der Waals surface area contributed by atoms with Crippen LogP contribution in [0.2, 0.25) is 0 Å². The maximum Gasteiger partial charge on any atom is 0.317 e. The number of ether oxygens (including phenoxy) is 7. The Morgan fingerprint density at radius 2 is 1.69 bits per heavy atom. The van der Waals surface area contributed by atoms with Gasteiger partial charge in [0.05, 0.1) is 19.6 Å². The summed E-state index contributed by atoms with van der Waals surface area (Å²) in [5.74, 6) is -7.81. The van der Waals surface area contributed by atoms with Crippen molar-refractivity contribution in [1.29, 1.82) is 0 Å². The van der Waals surface area contributed by atoms with E-state index in [0.29, 0.717) is 24.8 Å². The van der Waals surface area contributed by atoms with Crippen LogP contribution in [0.3, 0.4) is 0 Å². The van der Waals surface area contributed by atoms with Gasteiger partial charge >= 0.3 is 23.9 Å². The molecule has 13 nitrogen and oxygen atoms in total. The number of esters is 4. The van der Waals surface area contributed by atoms with Crippen molar-refractivity contribution in [3.05, 3.63) is 24.2 Å². The van der Waals surface area contributed by atoms with Crippen LogP contribution in [0.25, 0.3) is 0 Å². The van der Waals surface area contributed by atoms with E-state index in [-0.39, 0.29) is 25.0 Å². The molecule has 0 N–H and O–H groups in total. The van der Waals surface area contributed by atoms with Gasteiger partial charge < -0.3 is 37.6 Å². The van der Waals surface area contributed by atoms with Gasteiger partial charge in [-0.25, -0.2) is 0 Å². The second-order valence-electron chi connectivity index (χ2n) is 17.2. The number of ketones is 1. The smallest absolute Gasteiger partial charge is 0.317 e. The van der Waals surface area contributed by atoms with E-state index in [1.54, 1.807) is 19.9 Å². The van der Waals surface area contributed by atoms with Gasteiger partial charge in [-0.1, -0.05) is 34.6 Å². The van der Waals surface area contributed by atoms with E-state index in [1.807, 2.05) is 20.8 Å². The van der Waals surface area contributed by atoms with Gasteiger partial charge in [-0.05, 0) is 49.5 Å². The summed E-state index contributed by atoms with van der Waals surface area (Å²) in [6.07, 6.45) is 2.32. The zero-order valence-corrected chi connectivity index (χ0v) is 30.7. The molecule has 4 bridgehead atoms. The Bertz CT molecular complexity index is 1740. The van der Waals surface area contributed by atoms with Crippen molar-refractivity contribution in [1.82, 2.24) is 0 Å². The maximum absolute atomic E-state index is 14.8. The Balaban J connectivity index is 1.48. The molecule has 8 rings (SSSR count). The van der Waals surface area contributed by atoms with Gasteiger partial charge in [-0.15, -0.1) is 0 Å². The van der Waals surface area contributed by atoms with Crippen molar-refractivity contribution >= 4 is 29.7 Å². The van der Waals surface area contributed by atoms with Crippen LogP contribution in [0, 0.1) is 39.9 Å². The van der Waals surface area contributed by atoms with Crippen molar-refractivity contribution in [2.24, 2.45) is 39.9 Å². The predicted molar refractivity (Wildman–Crippen MR) is 172 cm³/mol. The Kier molecular flexibility index (Phi) is 6.97. The Morgan fingerprint density at radius 1 is 0.980 bits per heavy atom. The van der Waals surface area contributed by atoms with Crippen LogP contribution in [0.15, 0.2) is 23.0 Å². The van der Waals surface area contributed by atoms with Crippen LogP contribution in [0.5, 0.6) is 0 Å². The zero-order chi connectivity index (χ0) is 36.9. The summed E-state index contributed by atoms with van der Waals surface area (Å²) < 4.78 is 51.7. The molecule has 0 amide bonds. The molecule has 7 aliphatic rings. The van der Waals surface area contributed by atoms with Crippen LogP contribution in [-0.2, 0) is 57.1 Å². The van der Waals surface area contributed by atoms with E-state index < -0.39 is 104 Å². The lowest BCUT2D eigenvalue weighted by Crippen LogP contribution is -2.93. The van der Waals surface area contributed by atoms with E-state index in [4.69, 9.17) is 37.6 Å². The maximum atomic E-state index is 14.8. The normalized spacial score (nSPS) is 49.1. The number of fused-ring (bicyclic) bond motifs is 3. The highest BCUT2D eigenvalue weighted by molar-refractivity contribution is 6.01. The lowest BCUT2D eigenvalue weighted by molar-refractivity contribution is -0.472. The summed E-state index contributed by atoms with van der Waals surface area (Å²) in [6.45, 7) is 13.9. The fraction of sp³-hybridized carbons (Fsp3) is 0.763. The van der Waals surface area contributed by atoms with Gasteiger partial charge in [0.25, 0.3) is 5.97 Å². The molecule has 14 unspecified atom stereocenters. The van der Waals surface area contributed by atoms with Crippen LogP contribution in [-0.4, -0.2) is 71.3 Å².